The summed E-state index contributed by atoms with van der Waals surface area (Å²) >= 11 is 0. The minimum Gasteiger partial charge on any atom is -0.444 e. The number of aliphatic hydroxyl groups excluding tert-OH is 1. The molecule has 0 aliphatic carbocycles. The van der Waals surface area contributed by atoms with Gasteiger partial charge < -0.3 is 20.5 Å². The number of amides is 1. The number of carbonyl (C=O) groups excluding carboxylic acids is 1. The molecule has 1 aromatic rings. The first-order valence-corrected chi connectivity index (χ1v) is 8.11. The Hall–Kier alpha value is -2.10. The molecule has 0 spiro atoms. The fraction of sp³-hybridized carbons (Fsp3) is 0.556. The largest absolute Gasteiger partial charge is 0.444 e. The van der Waals surface area contributed by atoms with E-state index in [1.165, 1.54) is 0 Å². The minimum absolute atomic E-state index is 0.287. The molecule has 3 N–H and O–H groups in total. The van der Waals surface area contributed by atoms with Crippen molar-refractivity contribution in [2.24, 2.45) is 0 Å². The van der Waals surface area contributed by atoms with E-state index in [9.17, 15) is 9.90 Å². The second-order valence-electron chi connectivity index (χ2n) is 6.62. The van der Waals surface area contributed by atoms with Gasteiger partial charge in [0.25, 0.3) is 0 Å². The van der Waals surface area contributed by atoms with Gasteiger partial charge in [-0.05, 0) is 32.8 Å². The van der Waals surface area contributed by atoms with Crippen LogP contribution < -0.4 is 10.6 Å². The number of carbonyl (C=O) groups is 1. The van der Waals surface area contributed by atoms with Gasteiger partial charge >= 0.3 is 6.09 Å². The predicted octanol–water partition coefficient (Wildman–Crippen LogP) is 1.99. The SMILES string of the molecule is CC(C)(C)OC(=O)N[C@@H](Cc1ccccc1)[C@H](O)CNCCC#N. The number of hydrogen-bond acceptors (Lipinski definition) is 5. The van der Waals surface area contributed by atoms with Crippen molar-refractivity contribution in [2.75, 3.05) is 13.1 Å². The first-order chi connectivity index (χ1) is 11.3. The topological polar surface area (TPSA) is 94.4 Å². The number of nitrogens with zero attached hydrogens (tertiary/aromatic N) is 1. The molecule has 0 aliphatic rings. The highest BCUT2D eigenvalue weighted by molar-refractivity contribution is 5.68. The lowest BCUT2D eigenvalue weighted by atomic mass is 10.0. The van der Waals surface area contributed by atoms with Gasteiger partial charge in [-0.1, -0.05) is 30.3 Å². The number of hydrogen-bond donors (Lipinski definition) is 3. The van der Waals surface area contributed by atoms with Crippen LogP contribution >= 0.6 is 0 Å². The second kappa shape index (κ2) is 9.91. The molecular formula is C18H27N3O3. The summed E-state index contributed by atoms with van der Waals surface area (Å²) in [6.45, 7) is 6.16. The number of alkyl carbamates (subject to hydrolysis) is 1. The van der Waals surface area contributed by atoms with E-state index in [-0.39, 0.29) is 6.54 Å². The van der Waals surface area contributed by atoms with Crippen molar-refractivity contribution in [2.45, 2.75) is 51.4 Å². The standard InChI is InChI=1S/C18H27N3O3/c1-18(2,3)24-17(23)21-15(12-14-8-5-4-6-9-14)16(22)13-20-11-7-10-19/h4-6,8-9,15-16,20,22H,7,11-13H2,1-3H3,(H,21,23)/t15-,16+/m0/s1. The fourth-order valence-electron chi connectivity index (χ4n) is 2.15. The summed E-state index contributed by atoms with van der Waals surface area (Å²) in [6, 6.07) is 11.2. The van der Waals surface area contributed by atoms with Gasteiger partial charge in [-0.15, -0.1) is 0 Å². The Morgan fingerprint density at radius 1 is 1.33 bits per heavy atom. The van der Waals surface area contributed by atoms with Gasteiger partial charge in [0, 0.05) is 19.5 Å². The van der Waals surface area contributed by atoms with Crippen molar-refractivity contribution in [3.8, 4) is 6.07 Å². The van der Waals surface area contributed by atoms with Crippen LogP contribution in [0, 0.1) is 11.3 Å². The highest BCUT2D eigenvalue weighted by Gasteiger charge is 2.24. The number of benzene rings is 1. The number of nitrogens with one attached hydrogen (secondary N) is 2. The zero-order chi connectivity index (χ0) is 18.0. The molecule has 24 heavy (non-hydrogen) atoms. The zero-order valence-electron chi connectivity index (χ0n) is 14.6. The van der Waals surface area contributed by atoms with Crippen LogP contribution in [0.5, 0.6) is 0 Å². The van der Waals surface area contributed by atoms with Crippen LogP contribution in [0.15, 0.2) is 30.3 Å². The summed E-state index contributed by atoms with van der Waals surface area (Å²) in [5.74, 6) is 0. The Balaban J connectivity index is 2.67. The summed E-state index contributed by atoms with van der Waals surface area (Å²) in [7, 11) is 0. The van der Waals surface area contributed by atoms with E-state index in [1.54, 1.807) is 20.8 Å². The van der Waals surface area contributed by atoms with E-state index < -0.39 is 23.8 Å². The van der Waals surface area contributed by atoms with Crippen molar-refractivity contribution < 1.29 is 14.6 Å². The minimum atomic E-state index is -0.795. The summed E-state index contributed by atoms with van der Waals surface area (Å²) in [6.07, 6.45) is -0.493. The third-order valence-electron chi connectivity index (χ3n) is 3.23. The molecule has 0 saturated carbocycles. The van der Waals surface area contributed by atoms with Crippen molar-refractivity contribution in [3.63, 3.8) is 0 Å². The molecule has 1 aromatic carbocycles. The molecule has 0 bridgehead atoms. The monoisotopic (exact) mass is 333 g/mol. The maximum Gasteiger partial charge on any atom is 0.407 e. The number of nitriles is 1. The first-order valence-electron chi connectivity index (χ1n) is 8.11. The Labute approximate surface area is 143 Å². The van der Waals surface area contributed by atoms with Gasteiger partial charge in [0.2, 0.25) is 0 Å². The van der Waals surface area contributed by atoms with Crippen LogP contribution in [0.1, 0.15) is 32.8 Å². The van der Waals surface area contributed by atoms with Gasteiger partial charge in [0.1, 0.15) is 5.60 Å². The summed E-state index contributed by atoms with van der Waals surface area (Å²) in [4.78, 5) is 12.0. The highest BCUT2D eigenvalue weighted by atomic mass is 16.6. The van der Waals surface area contributed by atoms with Crippen molar-refractivity contribution in [1.82, 2.24) is 10.6 Å². The molecule has 2 atom stereocenters. The van der Waals surface area contributed by atoms with E-state index in [2.05, 4.69) is 10.6 Å². The Morgan fingerprint density at radius 3 is 2.58 bits per heavy atom. The third kappa shape index (κ3) is 8.51. The summed E-state index contributed by atoms with van der Waals surface area (Å²) in [5.41, 5.74) is 0.409. The van der Waals surface area contributed by atoms with Crippen LogP contribution in [0.2, 0.25) is 0 Å². The number of aliphatic hydroxyl groups is 1. The van der Waals surface area contributed by atoms with E-state index in [4.69, 9.17) is 10.00 Å². The smallest absolute Gasteiger partial charge is 0.407 e. The van der Waals surface area contributed by atoms with Crippen LogP contribution in [-0.4, -0.2) is 42.0 Å². The molecule has 6 heteroatoms. The van der Waals surface area contributed by atoms with Gasteiger partial charge in [-0.2, -0.15) is 5.26 Å². The average molecular weight is 333 g/mol. The molecule has 0 heterocycles. The van der Waals surface area contributed by atoms with E-state index >= 15 is 0 Å². The van der Waals surface area contributed by atoms with Gasteiger partial charge in [-0.3, -0.25) is 0 Å². The molecule has 1 amide bonds. The normalized spacial score (nSPS) is 13.6. The van der Waals surface area contributed by atoms with E-state index in [1.807, 2.05) is 36.4 Å². The van der Waals surface area contributed by atoms with Crippen LogP contribution in [0.3, 0.4) is 0 Å². The van der Waals surface area contributed by atoms with Crippen LogP contribution in [-0.2, 0) is 11.2 Å². The summed E-state index contributed by atoms with van der Waals surface area (Å²) < 4.78 is 5.27. The molecule has 6 nitrogen and oxygen atoms in total. The molecule has 0 unspecified atom stereocenters. The highest BCUT2D eigenvalue weighted by Crippen LogP contribution is 2.10. The Kier molecular flexibility index (Phi) is 8.24. The van der Waals surface area contributed by atoms with E-state index in [0.29, 0.717) is 19.4 Å². The molecule has 0 fully saturated rings. The average Bonchev–Trinajstić information content (AvgIpc) is 2.50. The molecule has 132 valence electrons. The lowest BCUT2D eigenvalue weighted by molar-refractivity contribution is 0.0423. The predicted molar refractivity (Wildman–Crippen MR) is 92.4 cm³/mol. The lowest BCUT2D eigenvalue weighted by Crippen LogP contribution is -2.50. The van der Waals surface area contributed by atoms with Gasteiger partial charge in [0.15, 0.2) is 0 Å². The van der Waals surface area contributed by atoms with Crippen molar-refractivity contribution in [3.05, 3.63) is 35.9 Å². The summed E-state index contributed by atoms with van der Waals surface area (Å²) in [5, 5.41) is 24.7. The van der Waals surface area contributed by atoms with E-state index in [0.717, 1.165) is 5.56 Å². The second-order valence-corrected chi connectivity index (χ2v) is 6.62. The quantitative estimate of drug-likeness (QED) is 0.633. The maximum atomic E-state index is 12.0. The van der Waals surface area contributed by atoms with Gasteiger partial charge in [0.05, 0.1) is 18.2 Å². The van der Waals surface area contributed by atoms with Crippen molar-refractivity contribution >= 4 is 6.09 Å². The van der Waals surface area contributed by atoms with Gasteiger partial charge in [-0.25, -0.2) is 4.79 Å². The molecular weight excluding hydrogens is 306 g/mol. The third-order valence-corrected chi connectivity index (χ3v) is 3.23. The molecule has 0 aliphatic heterocycles. The zero-order valence-corrected chi connectivity index (χ0v) is 14.6. The Morgan fingerprint density at radius 2 is 2.00 bits per heavy atom. The molecule has 0 aromatic heterocycles. The lowest BCUT2D eigenvalue weighted by Gasteiger charge is -2.27. The number of rotatable bonds is 8. The molecule has 1 rings (SSSR count). The number of ether oxygens (including phenoxy) is 1. The van der Waals surface area contributed by atoms with Crippen LogP contribution in [0.4, 0.5) is 4.79 Å². The van der Waals surface area contributed by atoms with Crippen LogP contribution in [0.25, 0.3) is 0 Å². The molecule has 0 saturated heterocycles. The first kappa shape index (κ1) is 19.9. The molecule has 0 radical (unpaired) electrons. The van der Waals surface area contributed by atoms with Crippen molar-refractivity contribution in [1.29, 1.82) is 5.26 Å². The fourth-order valence-corrected chi connectivity index (χ4v) is 2.15. The maximum absolute atomic E-state index is 12.0. The Bertz CT molecular complexity index is 535.